The lowest BCUT2D eigenvalue weighted by Gasteiger charge is -2.12. The first kappa shape index (κ1) is 20.6. The number of benzene rings is 2. The molecule has 1 aromatic heterocycles. The fourth-order valence-corrected chi connectivity index (χ4v) is 3.82. The first-order valence-corrected chi connectivity index (χ1v) is 9.36. The molecule has 0 spiro atoms. The van der Waals surface area contributed by atoms with E-state index in [-0.39, 0.29) is 50.5 Å². The van der Waals surface area contributed by atoms with Crippen molar-refractivity contribution in [2.75, 3.05) is 0 Å². The van der Waals surface area contributed by atoms with E-state index in [0.29, 0.717) is 0 Å². The van der Waals surface area contributed by atoms with Gasteiger partial charge in [0.25, 0.3) is 0 Å². The highest BCUT2D eigenvalue weighted by Gasteiger charge is 2.38. The van der Waals surface area contributed by atoms with Crippen molar-refractivity contribution in [3.8, 4) is 22.6 Å². The van der Waals surface area contributed by atoms with E-state index in [1.165, 1.54) is 6.07 Å². The molecule has 0 amide bonds. The summed E-state index contributed by atoms with van der Waals surface area (Å²) in [5, 5.41) is 19.3. The summed E-state index contributed by atoms with van der Waals surface area (Å²) in [6.07, 6.45) is 1.14. The third-order valence-electron chi connectivity index (χ3n) is 5.23. The zero-order chi connectivity index (χ0) is 24.3. The van der Waals surface area contributed by atoms with Crippen LogP contribution in [0.15, 0.2) is 36.5 Å². The molecule has 2 N–H and O–H groups in total. The highest BCUT2D eigenvalue weighted by molar-refractivity contribution is 6.21. The van der Waals surface area contributed by atoms with Crippen molar-refractivity contribution in [3.63, 3.8) is 0 Å². The minimum Gasteiger partial charge on any atom is -0.478 e. The van der Waals surface area contributed by atoms with Crippen molar-refractivity contribution in [2.24, 2.45) is 0 Å². The van der Waals surface area contributed by atoms with Gasteiger partial charge >= 0.3 is 35.8 Å². The molecule has 0 radical (unpaired) electrons. The molecule has 12 nitrogen and oxygen atoms in total. The van der Waals surface area contributed by atoms with Crippen LogP contribution in [0.2, 0.25) is 0 Å². The van der Waals surface area contributed by atoms with Crippen LogP contribution in [-0.4, -0.2) is 56.0 Å². The first-order chi connectivity index (χ1) is 16.2. The van der Waals surface area contributed by atoms with Gasteiger partial charge in [0.1, 0.15) is 0 Å². The van der Waals surface area contributed by atoms with Crippen molar-refractivity contribution in [1.82, 2.24) is 9.97 Å². The maximum atomic E-state index is 12.3. The summed E-state index contributed by atoms with van der Waals surface area (Å²) in [7, 11) is 0. The average molecular weight is 460 g/mol. The van der Waals surface area contributed by atoms with Crippen LogP contribution in [0.25, 0.3) is 22.6 Å². The number of fused-ring (bicyclic) bond motifs is 2. The maximum absolute atomic E-state index is 12.3. The minimum absolute atomic E-state index is 0.169. The van der Waals surface area contributed by atoms with Gasteiger partial charge in [0.2, 0.25) is 0 Å². The Morgan fingerprint density at radius 1 is 0.647 bits per heavy atom. The molecule has 2 aliphatic rings. The first-order valence-electron chi connectivity index (χ1n) is 9.36. The molecular weight excluding hydrogens is 452 g/mol. The Hall–Kier alpha value is -5.26. The van der Waals surface area contributed by atoms with Crippen molar-refractivity contribution in [3.05, 3.63) is 69.9 Å². The highest BCUT2D eigenvalue weighted by Crippen LogP contribution is 2.37. The molecule has 166 valence electrons. The van der Waals surface area contributed by atoms with Gasteiger partial charge < -0.3 is 19.7 Å². The van der Waals surface area contributed by atoms with E-state index in [9.17, 15) is 39.0 Å². The number of rotatable bonds is 4. The molecule has 12 heteroatoms. The van der Waals surface area contributed by atoms with Crippen LogP contribution in [0.3, 0.4) is 0 Å². The molecule has 3 heterocycles. The van der Waals surface area contributed by atoms with Crippen LogP contribution in [0.4, 0.5) is 0 Å². The van der Waals surface area contributed by atoms with Crippen LogP contribution in [0, 0.1) is 0 Å². The lowest BCUT2D eigenvalue weighted by atomic mass is 9.93. The molecule has 0 aliphatic carbocycles. The predicted octanol–water partition coefficient (Wildman–Crippen LogP) is 1.83. The zero-order valence-electron chi connectivity index (χ0n) is 16.5. The monoisotopic (exact) mass is 460 g/mol. The van der Waals surface area contributed by atoms with Crippen molar-refractivity contribution in [1.29, 1.82) is 0 Å². The van der Waals surface area contributed by atoms with Crippen LogP contribution >= 0.6 is 0 Å². The largest absolute Gasteiger partial charge is 0.478 e. The molecule has 0 fully saturated rings. The van der Waals surface area contributed by atoms with Crippen LogP contribution in [0.1, 0.15) is 62.1 Å². The van der Waals surface area contributed by atoms with Crippen molar-refractivity contribution in [2.45, 2.75) is 0 Å². The normalized spacial score (nSPS) is 13.9. The number of hydrogen-bond acceptors (Lipinski definition) is 10. The van der Waals surface area contributed by atoms with Gasteiger partial charge in [0, 0.05) is 17.3 Å². The number of carboxylic acid groups (broad SMARTS) is 2. The standard InChI is InChI=1S/C22H8N2O10/c25-17(26)7-1-3-9-14(21(31)33-19(9)29)12(7)11-5-6-23-16(24-11)13-8(18(27)28)2-4-10-15(13)22(32)34-20(10)30/h1-6H,(H,25,26)(H,27,28). The summed E-state index contributed by atoms with van der Waals surface area (Å²) < 4.78 is 9.17. The van der Waals surface area contributed by atoms with E-state index in [0.717, 1.165) is 30.5 Å². The quantitative estimate of drug-likeness (QED) is 0.425. The van der Waals surface area contributed by atoms with E-state index in [4.69, 9.17) is 0 Å². The molecular formula is C22H8N2O10. The molecule has 0 bridgehead atoms. The molecule has 0 atom stereocenters. The number of cyclic esters (lactones) is 4. The zero-order valence-corrected chi connectivity index (χ0v) is 16.5. The van der Waals surface area contributed by atoms with Gasteiger partial charge in [0.05, 0.1) is 39.1 Å². The molecule has 5 rings (SSSR count). The second-order valence-corrected chi connectivity index (χ2v) is 7.05. The second kappa shape index (κ2) is 7.13. The number of carboxylic acids is 2. The smallest absolute Gasteiger partial charge is 0.347 e. The van der Waals surface area contributed by atoms with E-state index in [2.05, 4.69) is 19.4 Å². The van der Waals surface area contributed by atoms with Gasteiger partial charge in [0.15, 0.2) is 5.82 Å². The number of carbonyl (C=O) groups excluding carboxylic acids is 4. The van der Waals surface area contributed by atoms with Gasteiger partial charge in [-0.1, -0.05) is 0 Å². The Kier molecular flexibility index (Phi) is 4.33. The van der Waals surface area contributed by atoms with Gasteiger partial charge in [-0.2, -0.15) is 0 Å². The van der Waals surface area contributed by atoms with Crippen molar-refractivity contribution < 1.29 is 48.5 Å². The number of esters is 4. The Balaban J connectivity index is 1.82. The van der Waals surface area contributed by atoms with Crippen molar-refractivity contribution >= 4 is 35.8 Å². The third-order valence-corrected chi connectivity index (χ3v) is 5.23. The highest BCUT2D eigenvalue weighted by atomic mass is 16.6. The molecule has 0 unspecified atom stereocenters. The molecule has 2 aromatic carbocycles. The van der Waals surface area contributed by atoms with Gasteiger partial charge in [-0.25, -0.2) is 38.7 Å². The van der Waals surface area contributed by atoms with Crippen LogP contribution < -0.4 is 0 Å². The van der Waals surface area contributed by atoms with Gasteiger partial charge in [-0.05, 0) is 30.3 Å². The van der Waals surface area contributed by atoms with E-state index >= 15 is 0 Å². The van der Waals surface area contributed by atoms with Gasteiger partial charge in [-0.3, -0.25) is 0 Å². The minimum atomic E-state index is -1.46. The number of aromatic carboxylic acids is 2. The lowest BCUT2D eigenvalue weighted by Crippen LogP contribution is -2.10. The van der Waals surface area contributed by atoms with Crippen LogP contribution in [0.5, 0.6) is 0 Å². The number of hydrogen-bond donors (Lipinski definition) is 2. The fourth-order valence-electron chi connectivity index (χ4n) is 3.82. The van der Waals surface area contributed by atoms with Gasteiger partial charge in [-0.15, -0.1) is 0 Å². The average Bonchev–Trinajstić information content (AvgIpc) is 3.26. The second-order valence-electron chi connectivity index (χ2n) is 7.05. The summed E-state index contributed by atoms with van der Waals surface area (Å²) in [5.41, 5.74) is -2.63. The molecule has 3 aromatic rings. The summed E-state index contributed by atoms with van der Waals surface area (Å²) in [6, 6.07) is 5.65. The Labute approximate surface area is 187 Å². The number of aromatic nitrogens is 2. The SMILES string of the molecule is O=C1OC(=O)c2c1ccc(C(=O)O)c2-c1ccnc(-c2c(C(=O)O)ccc3c2C(=O)OC3=O)n1. The predicted molar refractivity (Wildman–Crippen MR) is 106 cm³/mol. The summed E-state index contributed by atoms with van der Waals surface area (Å²) in [5.74, 6) is -7.39. The molecule has 0 saturated heterocycles. The number of nitrogens with zero attached hydrogens (tertiary/aromatic N) is 2. The molecule has 2 aliphatic heterocycles. The molecule has 34 heavy (non-hydrogen) atoms. The third kappa shape index (κ3) is 2.86. The topological polar surface area (TPSA) is 187 Å². The van der Waals surface area contributed by atoms with Crippen LogP contribution in [-0.2, 0) is 9.47 Å². The summed E-state index contributed by atoms with van der Waals surface area (Å²) in [4.78, 5) is 80.5. The lowest BCUT2D eigenvalue weighted by molar-refractivity contribution is 0.0426. The summed E-state index contributed by atoms with van der Waals surface area (Å²) >= 11 is 0. The number of ether oxygens (including phenoxy) is 2. The Morgan fingerprint density at radius 2 is 1.15 bits per heavy atom. The van der Waals surface area contributed by atoms with E-state index in [1.54, 1.807) is 0 Å². The summed E-state index contributed by atoms with van der Waals surface area (Å²) in [6.45, 7) is 0. The van der Waals surface area contributed by atoms with E-state index < -0.39 is 41.4 Å². The maximum Gasteiger partial charge on any atom is 0.347 e. The van der Waals surface area contributed by atoms with E-state index in [1.807, 2.05) is 0 Å². The Morgan fingerprint density at radius 3 is 1.68 bits per heavy atom. The number of carbonyl (C=O) groups is 6. The molecule has 0 saturated carbocycles. The Bertz CT molecular complexity index is 1430. The fraction of sp³-hybridized carbons (Fsp3) is 0.